The first-order chi connectivity index (χ1) is 8.12. The molecule has 0 radical (unpaired) electrons. The minimum absolute atomic E-state index is 0.191. The molecule has 0 aromatic heterocycles. The number of ether oxygens (including phenoxy) is 1. The number of aryl methyl sites for hydroxylation is 1. The van der Waals surface area contributed by atoms with Crippen molar-refractivity contribution >= 4 is 0 Å². The summed E-state index contributed by atoms with van der Waals surface area (Å²) in [6, 6.07) is 6.75. The molecule has 1 atom stereocenters. The van der Waals surface area contributed by atoms with Gasteiger partial charge in [-0.15, -0.1) is 0 Å². The maximum Gasteiger partial charge on any atom is 0.123 e. The highest BCUT2D eigenvalue weighted by molar-refractivity contribution is 5.47. The topological polar surface area (TPSA) is 35.2 Å². The average molecular weight is 231 g/mol. The Bertz CT molecular complexity index is 431. The Kier molecular flexibility index (Phi) is 2.44. The van der Waals surface area contributed by atoms with Gasteiger partial charge < -0.3 is 10.5 Å². The van der Waals surface area contributed by atoms with Gasteiger partial charge in [-0.1, -0.05) is 17.7 Å². The normalized spacial score (nSPS) is 23.2. The van der Waals surface area contributed by atoms with Crippen LogP contribution in [-0.4, -0.2) is 12.1 Å². The summed E-state index contributed by atoms with van der Waals surface area (Å²) in [5.74, 6) is 1.08. The molecule has 1 aromatic rings. The van der Waals surface area contributed by atoms with Crippen LogP contribution in [0.15, 0.2) is 18.2 Å². The lowest BCUT2D eigenvalue weighted by Gasteiger charge is -2.23. The molecule has 2 heteroatoms. The SMILES string of the molecule is Cc1ccc(OC2CC2)c(C2(C(C)N)CC2)c1. The first kappa shape index (κ1) is 11.1. The quantitative estimate of drug-likeness (QED) is 0.864. The summed E-state index contributed by atoms with van der Waals surface area (Å²) in [6.07, 6.45) is 5.28. The summed E-state index contributed by atoms with van der Waals surface area (Å²) in [6.45, 7) is 4.26. The van der Waals surface area contributed by atoms with Gasteiger partial charge in [0, 0.05) is 17.0 Å². The molecule has 2 saturated carbocycles. The molecule has 0 saturated heterocycles. The van der Waals surface area contributed by atoms with Crippen molar-refractivity contribution in [2.75, 3.05) is 0 Å². The Hall–Kier alpha value is -1.02. The fourth-order valence-corrected chi connectivity index (χ4v) is 2.61. The van der Waals surface area contributed by atoms with E-state index >= 15 is 0 Å². The van der Waals surface area contributed by atoms with Gasteiger partial charge in [0.05, 0.1) is 6.10 Å². The number of benzene rings is 1. The second-order valence-corrected chi connectivity index (χ2v) is 5.76. The van der Waals surface area contributed by atoms with Crippen molar-refractivity contribution in [1.29, 1.82) is 0 Å². The molecular formula is C15H21NO. The minimum atomic E-state index is 0.191. The maximum atomic E-state index is 6.17. The van der Waals surface area contributed by atoms with Crippen LogP contribution in [0.2, 0.25) is 0 Å². The van der Waals surface area contributed by atoms with Crippen molar-refractivity contribution in [3.63, 3.8) is 0 Å². The molecule has 1 aromatic carbocycles. The summed E-state index contributed by atoms with van der Waals surface area (Å²) in [5.41, 5.74) is 9.01. The van der Waals surface area contributed by atoms with Gasteiger partial charge in [-0.05, 0) is 45.6 Å². The third-order valence-electron chi connectivity index (χ3n) is 4.15. The second-order valence-electron chi connectivity index (χ2n) is 5.76. The molecule has 0 amide bonds. The molecule has 92 valence electrons. The zero-order chi connectivity index (χ0) is 12.0. The molecule has 0 heterocycles. The zero-order valence-electron chi connectivity index (χ0n) is 10.7. The summed E-state index contributed by atoms with van der Waals surface area (Å²) in [5, 5.41) is 0. The van der Waals surface area contributed by atoms with Crippen LogP contribution in [0.25, 0.3) is 0 Å². The first-order valence-electron chi connectivity index (χ1n) is 6.65. The van der Waals surface area contributed by atoms with Gasteiger partial charge >= 0.3 is 0 Å². The van der Waals surface area contributed by atoms with Gasteiger partial charge in [0.15, 0.2) is 0 Å². The zero-order valence-corrected chi connectivity index (χ0v) is 10.7. The van der Waals surface area contributed by atoms with Gasteiger partial charge in [0.25, 0.3) is 0 Å². The lowest BCUT2D eigenvalue weighted by atomic mass is 9.88. The van der Waals surface area contributed by atoms with Gasteiger partial charge in [-0.25, -0.2) is 0 Å². The highest BCUT2D eigenvalue weighted by atomic mass is 16.5. The van der Waals surface area contributed by atoms with E-state index in [4.69, 9.17) is 10.5 Å². The summed E-state index contributed by atoms with van der Waals surface area (Å²) in [7, 11) is 0. The molecule has 0 bridgehead atoms. The van der Waals surface area contributed by atoms with Crippen LogP contribution < -0.4 is 10.5 Å². The molecule has 2 aliphatic carbocycles. The van der Waals surface area contributed by atoms with Crippen molar-refractivity contribution in [2.45, 2.75) is 57.1 Å². The van der Waals surface area contributed by atoms with Gasteiger partial charge in [-0.2, -0.15) is 0 Å². The van der Waals surface area contributed by atoms with Gasteiger partial charge in [-0.3, -0.25) is 0 Å². The first-order valence-corrected chi connectivity index (χ1v) is 6.65. The third kappa shape index (κ3) is 1.95. The lowest BCUT2D eigenvalue weighted by molar-refractivity contribution is 0.295. The van der Waals surface area contributed by atoms with Crippen molar-refractivity contribution < 1.29 is 4.74 Å². The van der Waals surface area contributed by atoms with Crippen LogP contribution in [0.1, 0.15) is 43.7 Å². The molecule has 2 aliphatic rings. The van der Waals surface area contributed by atoms with Crippen molar-refractivity contribution in [1.82, 2.24) is 0 Å². The highest BCUT2D eigenvalue weighted by Crippen LogP contribution is 2.53. The van der Waals surface area contributed by atoms with Crippen molar-refractivity contribution in [3.05, 3.63) is 29.3 Å². The number of hydrogen-bond donors (Lipinski definition) is 1. The molecule has 1 unspecified atom stereocenters. The van der Waals surface area contributed by atoms with E-state index in [0.717, 1.165) is 5.75 Å². The Morgan fingerprint density at radius 1 is 1.35 bits per heavy atom. The molecule has 0 spiro atoms. The Morgan fingerprint density at radius 2 is 2.06 bits per heavy atom. The van der Waals surface area contributed by atoms with Gasteiger partial charge in [0.1, 0.15) is 5.75 Å². The molecule has 2 N–H and O–H groups in total. The van der Waals surface area contributed by atoms with E-state index in [1.54, 1.807) is 0 Å². The summed E-state index contributed by atoms with van der Waals surface area (Å²) in [4.78, 5) is 0. The second kappa shape index (κ2) is 3.74. The fourth-order valence-electron chi connectivity index (χ4n) is 2.61. The van der Waals surface area contributed by atoms with Crippen LogP contribution in [-0.2, 0) is 5.41 Å². The fraction of sp³-hybridized carbons (Fsp3) is 0.600. The number of nitrogens with two attached hydrogens (primary N) is 1. The summed E-state index contributed by atoms with van der Waals surface area (Å²) >= 11 is 0. The summed E-state index contributed by atoms with van der Waals surface area (Å²) < 4.78 is 6.03. The van der Waals surface area contributed by atoms with E-state index in [0.29, 0.717) is 6.10 Å². The standard InChI is InChI=1S/C15H21NO/c1-10-3-6-14(17-12-4-5-12)13(9-10)15(7-8-15)11(2)16/h3,6,9,11-12H,4-5,7-8,16H2,1-2H3. The molecule has 2 nitrogen and oxygen atoms in total. The van der Waals surface area contributed by atoms with Crippen LogP contribution in [0.4, 0.5) is 0 Å². The van der Waals surface area contributed by atoms with Crippen LogP contribution in [0, 0.1) is 6.92 Å². The largest absolute Gasteiger partial charge is 0.490 e. The monoisotopic (exact) mass is 231 g/mol. The van der Waals surface area contributed by atoms with Crippen molar-refractivity contribution in [2.24, 2.45) is 5.73 Å². The molecular weight excluding hydrogens is 210 g/mol. The number of rotatable bonds is 4. The van der Waals surface area contributed by atoms with E-state index in [1.807, 2.05) is 0 Å². The van der Waals surface area contributed by atoms with E-state index in [9.17, 15) is 0 Å². The van der Waals surface area contributed by atoms with E-state index in [1.165, 1.54) is 36.8 Å². The van der Waals surface area contributed by atoms with E-state index < -0.39 is 0 Å². The van der Waals surface area contributed by atoms with Crippen LogP contribution >= 0.6 is 0 Å². The Balaban J connectivity index is 1.97. The number of hydrogen-bond acceptors (Lipinski definition) is 2. The Morgan fingerprint density at radius 3 is 2.59 bits per heavy atom. The molecule has 17 heavy (non-hydrogen) atoms. The van der Waals surface area contributed by atoms with E-state index in [2.05, 4.69) is 32.0 Å². The lowest BCUT2D eigenvalue weighted by Crippen LogP contribution is -2.32. The molecule has 0 aliphatic heterocycles. The predicted molar refractivity (Wildman–Crippen MR) is 69.4 cm³/mol. The van der Waals surface area contributed by atoms with Crippen LogP contribution in [0.3, 0.4) is 0 Å². The predicted octanol–water partition coefficient (Wildman–Crippen LogP) is 2.92. The van der Waals surface area contributed by atoms with Crippen LogP contribution in [0.5, 0.6) is 5.75 Å². The average Bonchev–Trinajstić information content (AvgIpc) is 3.13. The minimum Gasteiger partial charge on any atom is -0.490 e. The van der Waals surface area contributed by atoms with Gasteiger partial charge in [0.2, 0.25) is 0 Å². The van der Waals surface area contributed by atoms with E-state index in [-0.39, 0.29) is 11.5 Å². The third-order valence-corrected chi connectivity index (χ3v) is 4.15. The molecule has 3 rings (SSSR count). The smallest absolute Gasteiger partial charge is 0.123 e. The highest BCUT2D eigenvalue weighted by Gasteiger charge is 2.49. The maximum absolute atomic E-state index is 6.17. The van der Waals surface area contributed by atoms with Crippen molar-refractivity contribution in [3.8, 4) is 5.75 Å². The molecule has 2 fully saturated rings. The Labute approximate surface area is 103 Å².